The van der Waals surface area contributed by atoms with Crippen molar-refractivity contribution in [3.8, 4) is 0 Å². The van der Waals surface area contributed by atoms with Gasteiger partial charge in [0.2, 0.25) is 0 Å². The average Bonchev–Trinajstić information content (AvgIpc) is 2.48. The van der Waals surface area contributed by atoms with E-state index < -0.39 is 4.92 Å². The number of nitro groups is 1. The number of likely N-dealkylation sites (N-methyl/N-ethyl adjacent to an activating group) is 1. The molecule has 6 nitrogen and oxygen atoms in total. The number of rotatable bonds is 6. The van der Waals surface area contributed by atoms with Crippen LogP contribution in [-0.4, -0.2) is 41.5 Å². The van der Waals surface area contributed by atoms with Crippen LogP contribution in [0.25, 0.3) is 0 Å². The third kappa shape index (κ3) is 4.39. The third-order valence-electron chi connectivity index (χ3n) is 4.31. The molecular weight excluding hydrogens is 268 g/mol. The van der Waals surface area contributed by atoms with Gasteiger partial charge in [-0.1, -0.05) is 19.3 Å². The Hall–Kier alpha value is -1.69. The molecule has 0 amide bonds. The third-order valence-corrected chi connectivity index (χ3v) is 4.31. The standard InChI is InChI=1S/C15H24N4O2/c1-18(2)14(12-6-4-3-5-7-12)11-17-15-9-8-13(10-16-15)19(20)21/h8-10,12,14H,3-7,11H2,1-2H3,(H,16,17). The molecule has 0 bridgehead atoms. The molecule has 1 fully saturated rings. The molecule has 1 aliphatic rings. The van der Waals surface area contributed by atoms with E-state index >= 15 is 0 Å². The Kier molecular flexibility index (Phi) is 5.50. The quantitative estimate of drug-likeness (QED) is 0.645. The topological polar surface area (TPSA) is 71.3 Å². The molecule has 6 heteroatoms. The maximum Gasteiger partial charge on any atom is 0.287 e. The van der Waals surface area contributed by atoms with E-state index in [1.807, 2.05) is 0 Å². The minimum absolute atomic E-state index is 0.0250. The van der Waals surface area contributed by atoms with Crippen LogP contribution >= 0.6 is 0 Å². The molecule has 0 aromatic carbocycles. The first kappa shape index (κ1) is 15.7. The van der Waals surface area contributed by atoms with Gasteiger partial charge in [-0.2, -0.15) is 0 Å². The Labute approximate surface area is 125 Å². The Bertz CT molecular complexity index is 455. The lowest BCUT2D eigenvalue weighted by molar-refractivity contribution is -0.385. The highest BCUT2D eigenvalue weighted by Gasteiger charge is 2.25. The summed E-state index contributed by atoms with van der Waals surface area (Å²) in [5.41, 5.74) is 0.0250. The summed E-state index contributed by atoms with van der Waals surface area (Å²) in [5.74, 6) is 1.42. The number of nitrogens with zero attached hydrogens (tertiary/aromatic N) is 3. The van der Waals surface area contributed by atoms with Gasteiger partial charge in [-0.3, -0.25) is 10.1 Å². The lowest BCUT2D eigenvalue weighted by atomic mass is 9.83. The molecule has 2 rings (SSSR count). The molecule has 1 N–H and O–H groups in total. The molecule has 1 aliphatic carbocycles. The van der Waals surface area contributed by atoms with Crippen molar-refractivity contribution in [3.63, 3.8) is 0 Å². The van der Waals surface area contributed by atoms with Gasteiger partial charge in [-0.05, 0) is 38.9 Å². The van der Waals surface area contributed by atoms with Gasteiger partial charge in [-0.15, -0.1) is 0 Å². The molecule has 1 atom stereocenters. The molecule has 1 saturated carbocycles. The summed E-state index contributed by atoms with van der Waals surface area (Å²) in [5, 5.41) is 13.9. The molecule has 0 aliphatic heterocycles. The van der Waals surface area contributed by atoms with Crippen molar-refractivity contribution < 1.29 is 4.92 Å². The first-order valence-corrected chi connectivity index (χ1v) is 7.58. The van der Waals surface area contributed by atoms with Crippen LogP contribution in [0, 0.1) is 16.0 Å². The molecule has 0 spiro atoms. The highest BCUT2D eigenvalue weighted by Crippen LogP contribution is 2.28. The second-order valence-electron chi connectivity index (χ2n) is 5.97. The van der Waals surface area contributed by atoms with Gasteiger partial charge in [-0.25, -0.2) is 4.98 Å². The first-order valence-electron chi connectivity index (χ1n) is 7.58. The lowest BCUT2D eigenvalue weighted by Crippen LogP contribution is -2.41. The zero-order valence-corrected chi connectivity index (χ0v) is 12.8. The van der Waals surface area contributed by atoms with E-state index in [0.717, 1.165) is 12.5 Å². The molecule has 21 heavy (non-hydrogen) atoms. The fraction of sp³-hybridized carbons (Fsp3) is 0.667. The lowest BCUT2D eigenvalue weighted by Gasteiger charge is -2.35. The van der Waals surface area contributed by atoms with Gasteiger partial charge in [0.1, 0.15) is 12.0 Å². The maximum atomic E-state index is 10.6. The molecule has 1 unspecified atom stereocenters. The summed E-state index contributed by atoms with van der Waals surface area (Å²) in [7, 11) is 4.23. The van der Waals surface area contributed by atoms with Crippen LogP contribution in [0.3, 0.4) is 0 Å². The van der Waals surface area contributed by atoms with Gasteiger partial charge >= 0.3 is 0 Å². The SMILES string of the molecule is CN(C)C(CNc1ccc([N+](=O)[O-])cn1)C1CCCCC1. The summed E-state index contributed by atoms with van der Waals surface area (Å²) >= 11 is 0. The number of nitrogens with one attached hydrogen (secondary N) is 1. The number of hydrogen-bond donors (Lipinski definition) is 1. The minimum atomic E-state index is -0.429. The maximum absolute atomic E-state index is 10.6. The van der Waals surface area contributed by atoms with Crippen molar-refractivity contribution in [2.45, 2.75) is 38.1 Å². The van der Waals surface area contributed by atoms with Crippen molar-refractivity contribution in [3.05, 3.63) is 28.4 Å². The van der Waals surface area contributed by atoms with E-state index in [1.54, 1.807) is 6.07 Å². The van der Waals surface area contributed by atoms with Crippen LogP contribution in [0.2, 0.25) is 0 Å². The van der Waals surface area contributed by atoms with E-state index in [9.17, 15) is 10.1 Å². The normalized spacial score (nSPS) is 17.7. The van der Waals surface area contributed by atoms with E-state index in [2.05, 4.69) is 29.3 Å². The summed E-state index contributed by atoms with van der Waals surface area (Å²) < 4.78 is 0. The Morgan fingerprint density at radius 1 is 1.38 bits per heavy atom. The summed E-state index contributed by atoms with van der Waals surface area (Å²) in [4.78, 5) is 16.6. The zero-order chi connectivity index (χ0) is 15.2. The molecule has 0 saturated heterocycles. The Balaban J connectivity index is 1.93. The fourth-order valence-corrected chi connectivity index (χ4v) is 3.10. The van der Waals surface area contributed by atoms with E-state index in [0.29, 0.717) is 11.9 Å². The molecule has 0 radical (unpaired) electrons. The van der Waals surface area contributed by atoms with Crippen molar-refractivity contribution in [2.24, 2.45) is 5.92 Å². The van der Waals surface area contributed by atoms with Gasteiger partial charge in [0.25, 0.3) is 5.69 Å². The van der Waals surface area contributed by atoms with Crippen LogP contribution < -0.4 is 5.32 Å². The first-order chi connectivity index (χ1) is 10.1. The van der Waals surface area contributed by atoms with Crippen molar-refractivity contribution in [1.29, 1.82) is 0 Å². The van der Waals surface area contributed by atoms with Crippen molar-refractivity contribution >= 4 is 11.5 Å². The van der Waals surface area contributed by atoms with Crippen LogP contribution in [0.4, 0.5) is 11.5 Å². The van der Waals surface area contributed by atoms with Gasteiger partial charge < -0.3 is 10.2 Å². The molecule has 1 heterocycles. The van der Waals surface area contributed by atoms with Gasteiger partial charge in [0.05, 0.1) is 4.92 Å². The highest BCUT2D eigenvalue weighted by atomic mass is 16.6. The van der Waals surface area contributed by atoms with Crippen LogP contribution in [0.5, 0.6) is 0 Å². The molecule has 1 aromatic heterocycles. The second-order valence-corrected chi connectivity index (χ2v) is 5.97. The summed E-state index contributed by atoms with van der Waals surface area (Å²) in [6.45, 7) is 0.822. The van der Waals surface area contributed by atoms with Crippen LogP contribution in [0.1, 0.15) is 32.1 Å². The second kappa shape index (κ2) is 7.36. The molecule has 116 valence electrons. The van der Waals surface area contributed by atoms with Crippen molar-refractivity contribution in [2.75, 3.05) is 26.0 Å². The smallest absolute Gasteiger partial charge is 0.287 e. The number of pyridine rings is 1. The minimum Gasteiger partial charge on any atom is -0.368 e. The average molecular weight is 292 g/mol. The largest absolute Gasteiger partial charge is 0.368 e. The predicted octanol–water partition coefficient (Wildman–Crippen LogP) is 2.91. The van der Waals surface area contributed by atoms with Crippen LogP contribution in [0.15, 0.2) is 18.3 Å². The predicted molar refractivity (Wildman–Crippen MR) is 83.4 cm³/mol. The monoisotopic (exact) mass is 292 g/mol. The Morgan fingerprint density at radius 2 is 2.10 bits per heavy atom. The number of hydrogen-bond acceptors (Lipinski definition) is 5. The Morgan fingerprint density at radius 3 is 2.62 bits per heavy atom. The molecular formula is C15H24N4O2. The molecule has 1 aromatic rings. The summed E-state index contributed by atoms with van der Waals surface area (Å²) in [6, 6.07) is 3.63. The summed E-state index contributed by atoms with van der Waals surface area (Å²) in [6.07, 6.45) is 7.88. The van der Waals surface area contributed by atoms with E-state index in [4.69, 9.17) is 0 Å². The van der Waals surface area contributed by atoms with Crippen molar-refractivity contribution in [1.82, 2.24) is 9.88 Å². The van der Waals surface area contributed by atoms with E-state index in [-0.39, 0.29) is 5.69 Å². The van der Waals surface area contributed by atoms with Gasteiger partial charge in [0.15, 0.2) is 0 Å². The van der Waals surface area contributed by atoms with Gasteiger partial charge in [0, 0.05) is 18.7 Å². The number of anilines is 1. The van der Waals surface area contributed by atoms with E-state index in [1.165, 1.54) is 44.4 Å². The fourth-order valence-electron chi connectivity index (χ4n) is 3.10. The van der Waals surface area contributed by atoms with Crippen LogP contribution in [-0.2, 0) is 0 Å². The highest BCUT2D eigenvalue weighted by molar-refractivity contribution is 5.40. The zero-order valence-electron chi connectivity index (χ0n) is 12.8. The number of aromatic nitrogens is 1.